The van der Waals surface area contributed by atoms with E-state index in [1.807, 2.05) is 0 Å². The number of rotatable bonds is 3. The number of carboxylic acid groups (broad SMARTS) is 1. The molecular formula is C8H13N3O2. The maximum absolute atomic E-state index is 10.2. The average molecular weight is 183 g/mol. The number of carboxylic acids is 1. The summed E-state index contributed by atoms with van der Waals surface area (Å²) in [5, 5.41) is 22.9. The molecule has 13 heavy (non-hydrogen) atoms. The molecule has 0 aliphatic carbocycles. The van der Waals surface area contributed by atoms with Crippen LogP contribution in [0.1, 0.15) is 12.8 Å². The molecule has 1 aliphatic rings. The number of piperidine rings is 1. The zero-order chi connectivity index (χ0) is 9.68. The van der Waals surface area contributed by atoms with Crippen LogP contribution in [0, 0.1) is 11.3 Å². The van der Waals surface area contributed by atoms with Gasteiger partial charge >= 0.3 is 5.97 Å². The van der Waals surface area contributed by atoms with Crippen molar-refractivity contribution in [2.75, 3.05) is 13.1 Å². The number of nitrogens with one attached hydrogen (secondary N) is 2. The molecule has 0 aromatic heterocycles. The van der Waals surface area contributed by atoms with Gasteiger partial charge in [-0.2, -0.15) is 5.26 Å². The van der Waals surface area contributed by atoms with Gasteiger partial charge in [0, 0.05) is 12.6 Å². The van der Waals surface area contributed by atoms with Gasteiger partial charge < -0.3 is 15.7 Å². The van der Waals surface area contributed by atoms with Gasteiger partial charge in [0.05, 0.1) is 18.7 Å². The van der Waals surface area contributed by atoms with Crippen molar-refractivity contribution in [1.29, 1.82) is 5.26 Å². The monoisotopic (exact) mass is 183 g/mol. The Morgan fingerprint density at radius 1 is 1.69 bits per heavy atom. The molecule has 0 saturated carbocycles. The number of nitriles is 1. The first-order chi connectivity index (χ1) is 6.22. The van der Waals surface area contributed by atoms with Crippen LogP contribution in [0.3, 0.4) is 0 Å². The van der Waals surface area contributed by atoms with Crippen molar-refractivity contribution in [3.05, 3.63) is 0 Å². The van der Waals surface area contributed by atoms with Crippen LogP contribution in [0.4, 0.5) is 0 Å². The molecule has 0 spiro atoms. The topological polar surface area (TPSA) is 85.2 Å². The SMILES string of the molecule is N#C[C@@H]1CCC(NCC(=O)O)CN1. The van der Waals surface area contributed by atoms with E-state index in [1.165, 1.54) is 0 Å². The molecule has 1 unspecified atom stereocenters. The van der Waals surface area contributed by atoms with Crippen LogP contribution in [-0.4, -0.2) is 36.2 Å². The van der Waals surface area contributed by atoms with Crippen LogP contribution in [0.15, 0.2) is 0 Å². The second kappa shape index (κ2) is 4.80. The summed E-state index contributed by atoms with van der Waals surface area (Å²) < 4.78 is 0. The Kier molecular flexibility index (Phi) is 3.68. The van der Waals surface area contributed by atoms with Crippen molar-refractivity contribution in [3.63, 3.8) is 0 Å². The molecule has 1 fully saturated rings. The lowest BCUT2D eigenvalue weighted by molar-refractivity contribution is -0.136. The molecule has 0 aromatic carbocycles. The normalized spacial score (nSPS) is 27.9. The van der Waals surface area contributed by atoms with E-state index in [2.05, 4.69) is 16.7 Å². The van der Waals surface area contributed by atoms with Crippen molar-refractivity contribution in [2.24, 2.45) is 0 Å². The van der Waals surface area contributed by atoms with Gasteiger partial charge in [0.2, 0.25) is 0 Å². The van der Waals surface area contributed by atoms with Gasteiger partial charge in [-0.15, -0.1) is 0 Å². The molecule has 5 nitrogen and oxygen atoms in total. The van der Waals surface area contributed by atoms with Crippen molar-refractivity contribution >= 4 is 5.97 Å². The lowest BCUT2D eigenvalue weighted by Crippen LogP contribution is -2.48. The molecule has 1 heterocycles. The zero-order valence-corrected chi connectivity index (χ0v) is 7.29. The summed E-state index contributed by atoms with van der Waals surface area (Å²) >= 11 is 0. The van der Waals surface area contributed by atoms with Crippen molar-refractivity contribution in [2.45, 2.75) is 24.9 Å². The van der Waals surface area contributed by atoms with Gasteiger partial charge in [0.1, 0.15) is 0 Å². The highest BCUT2D eigenvalue weighted by molar-refractivity contribution is 5.69. The van der Waals surface area contributed by atoms with E-state index < -0.39 is 5.97 Å². The van der Waals surface area contributed by atoms with E-state index in [0.29, 0.717) is 6.54 Å². The third-order valence-corrected chi connectivity index (χ3v) is 2.11. The fourth-order valence-corrected chi connectivity index (χ4v) is 1.37. The molecule has 2 atom stereocenters. The van der Waals surface area contributed by atoms with E-state index in [0.717, 1.165) is 12.8 Å². The fourth-order valence-electron chi connectivity index (χ4n) is 1.37. The highest BCUT2D eigenvalue weighted by Crippen LogP contribution is 2.06. The smallest absolute Gasteiger partial charge is 0.317 e. The number of hydrogen-bond donors (Lipinski definition) is 3. The van der Waals surface area contributed by atoms with Crippen LogP contribution < -0.4 is 10.6 Å². The predicted molar refractivity (Wildman–Crippen MR) is 46.1 cm³/mol. The quantitative estimate of drug-likeness (QED) is 0.539. The number of nitrogens with zero attached hydrogens (tertiary/aromatic N) is 1. The Morgan fingerprint density at radius 3 is 2.92 bits per heavy atom. The van der Waals surface area contributed by atoms with E-state index >= 15 is 0 Å². The highest BCUT2D eigenvalue weighted by Gasteiger charge is 2.19. The Bertz CT molecular complexity index is 216. The first-order valence-electron chi connectivity index (χ1n) is 4.30. The Morgan fingerprint density at radius 2 is 2.46 bits per heavy atom. The fraction of sp³-hybridized carbons (Fsp3) is 0.750. The van der Waals surface area contributed by atoms with Gasteiger partial charge in [0.15, 0.2) is 0 Å². The van der Waals surface area contributed by atoms with Gasteiger partial charge in [-0.05, 0) is 12.8 Å². The lowest BCUT2D eigenvalue weighted by atomic mass is 10.0. The summed E-state index contributed by atoms with van der Waals surface area (Å²) in [6.45, 7) is 0.662. The molecule has 1 saturated heterocycles. The first kappa shape index (κ1) is 9.96. The van der Waals surface area contributed by atoms with E-state index in [-0.39, 0.29) is 18.6 Å². The van der Waals surface area contributed by atoms with Gasteiger partial charge in [-0.1, -0.05) is 0 Å². The average Bonchev–Trinajstić information content (AvgIpc) is 2.15. The summed E-state index contributed by atoms with van der Waals surface area (Å²) in [7, 11) is 0. The molecule has 0 amide bonds. The summed E-state index contributed by atoms with van der Waals surface area (Å²) in [6.07, 6.45) is 1.65. The van der Waals surface area contributed by atoms with Crippen LogP contribution >= 0.6 is 0 Å². The first-order valence-corrected chi connectivity index (χ1v) is 4.30. The largest absolute Gasteiger partial charge is 0.480 e. The third kappa shape index (κ3) is 3.40. The summed E-state index contributed by atoms with van der Waals surface area (Å²) in [5.74, 6) is -0.845. The minimum Gasteiger partial charge on any atom is -0.480 e. The highest BCUT2D eigenvalue weighted by atomic mass is 16.4. The molecule has 3 N–H and O–H groups in total. The summed E-state index contributed by atoms with van der Waals surface area (Å²) in [5.41, 5.74) is 0. The maximum Gasteiger partial charge on any atom is 0.317 e. The molecule has 0 aromatic rings. The second-order valence-corrected chi connectivity index (χ2v) is 3.14. The molecule has 1 aliphatic heterocycles. The van der Waals surface area contributed by atoms with Crippen LogP contribution in [0.5, 0.6) is 0 Å². The van der Waals surface area contributed by atoms with Gasteiger partial charge in [-0.3, -0.25) is 4.79 Å². The molecule has 72 valence electrons. The minimum atomic E-state index is -0.845. The van der Waals surface area contributed by atoms with E-state index in [4.69, 9.17) is 10.4 Å². The van der Waals surface area contributed by atoms with Crippen LogP contribution in [0.25, 0.3) is 0 Å². The number of hydrogen-bond acceptors (Lipinski definition) is 4. The number of aliphatic carboxylic acids is 1. The molecule has 1 rings (SSSR count). The predicted octanol–water partition coefficient (Wildman–Crippen LogP) is -0.695. The Balaban J connectivity index is 2.18. The van der Waals surface area contributed by atoms with Crippen LogP contribution in [0.2, 0.25) is 0 Å². The zero-order valence-electron chi connectivity index (χ0n) is 7.29. The van der Waals surface area contributed by atoms with Gasteiger partial charge in [-0.25, -0.2) is 0 Å². The maximum atomic E-state index is 10.2. The van der Waals surface area contributed by atoms with E-state index in [9.17, 15) is 4.79 Å². The summed E-state index contributed by atoms with van der Waals surface area (Å²) in [4.78, 5) is 10.2. The second-order valence-electron chi connectivity index (χ2n) is 3.14. The van der Waals surface area contributed by atoms with Gasteiger partial charge in [0.25, 0.3) is 0 Å². The Hall–Kier alpha value is -1.12. The lowest BCUT2D eigenvalue weighted by Gasteiger charge is -2.26. The van der Waals surface area contributed by atoms with Crippen molar-refractivity contribution < 1.29 is 9.90 Å². The Labute approximate surface area is 76.7 Å². The minimum absolute atomic E-state index is 0.0104. The van der Waals surface area contributed by atoms with E-state index in [1.54, 1.807) is 0 Å². The number of carbonyl (C=O) groups is 1. The van der Waals surface area contributed by atoms with Crippen LogP contribution in [-0.2, 0) is 4.79 Å². The molecule has 5 heteroatoms. The van der Waals surface area contributed by atoms with Crippen molar-refractivity contribution in [1.82, 2.24) is 10.6 Å². The standard InChI is InChI=1S/C8H13N3O2/c9-3-6-1-2-7(4-10-6)11-5-8(12)13/h6-7,10-11H,1-2,4-5H2,(H,12,13)/t6-,7?/m0/s1. The molecule has 0 radical (unpaired) electrons. The van der Waals surface area contributed by atoms with Crippen molar-refractivity contribution in [3.8, 4) is 6.07 Å². The molecular weight excluding hydrogens is 170 g/mol. The summed E-state index contributed by atoms with van der Waals surface area (Å²) in [6, 6.07) is 2.25. The third-order valence-electron chi connectivity index (χ3n) is 2.11. The molecule has 0 bridgehead atoms.